The average molecular weight is 193 g/mol. The number of rotatable bonds is 4. The van der Waals surface area contributed by atoms with Crippen molar-refractivity contribution in [3.05, 3.63) is 35.6 Å². The molecule has 0 bridgehead atoms. The van der Waals surface area contributed by atoms with E-state index >= 15 is 0 Å². The number of benzene rings is 1. The van der Waals surface area contributed by atoms with Gasteiger partial charge >= 0.3 is 0 Å². The molecule has 1 N–H and O–H groups in total. The van der Waals surface area contributed by atoms with Gasteiger partial charge in [-0.15, -0.1) is 0 Å². The van der Waals surface area contributed by atoms with Gasteiger partial charge in [-0.2, -0.15) is 0 Å². The molecule has 1 nitrogen and oxygen atoms in total. The van der Waals surface area contributed by atoms with E-state index in [1.54, 1.807) is 0 Å². The second-order valence-corrected chi connectivity index (χ2v) is 4.13. The van der Waals surface area contributed by atoms with Crippen molar-refractivity contribution in [1.29, 1.82) is 0 Å². The fourth-order valence-corrected chi connectivity index (χ4v) is 1.64. The molecule has 0 amide bonds. The second-order valence-electron chi connectivity index (χ2n) is 4.13. The van der Waals surface area contributed by atoms with Gasteiger partial charge in [-0.05, 0) is 43.4 Å². The summed E-state index contributed by atoms with van der Waals surface area (Å²) in [4.78, 5) is 0. The molecule has 14 heavy (non-hydrogen) atoms. The highest BCUT2D eigenvalue weighted by Gasteiger charge is 2.27. The lowest BCUT2D eigenvalue weighted by atomic mass is 10.2. The van der Waals surface area contributed by atoms with Crippen LogP contribution in [0.15, 0.2) is 24.3 Å². The van der Waals surface area contributed by atoms with Gasteiger partial charge in [-0.1, -0.05) is 12.1 Å². The Morgan fingerprint density at radius 1 is 1.36 bits per heavy atom. The Bertz CT molecular complexity index is 290. The van der Waals surface area contributed by atoms with Gasteiger partial charge in [0.15, 0.2) is 0 Å². The summed E-state index contributed by atoms with van der Waals surface area (Å²) in [6, 6.07) is 7.29. The largest absolute Gasteiger partial charge is 0.310 e. The van der Waals surface area contributed by atoms with Crippen LogP contribution in [0.25, 0.3) is 0 Å². The lowest BCUT2D eigenvalue weighted by Gasteiger charge is -2.12. The van der Waals surface area contributed by atoms with Crippen LogP contribution >= 0.6 is 0 Å². The van der Waals surface area contributed by atoms with Gasteiger partial charge in [0.1, 0.15) is 5.82 Å². The van der Waals surface area contributed by atoms with Gasteiger partial charge < -0.3 is 5.32 Å². The predicted molar refractivity (Wildman–Crippen MR) is 55.4 cm³/mol. The summed E-state index contributed by atoms with van der Waals surface area (Å²) < 4.78 is 12.6. The minimum atomic E-state index is -0.163. The first-order chi connectivity index (χ1) is 6.75. The van der Waals surface area contributed by atoms with Crippen molar-refractivity contribution in [2.45, 2.75) is 32.4 Å². The molecule has 0 heterocycles. The van der Waals surface area contributed by atoms with Crippen LogP contribution in [-0.2, 0) is 6.54 Å². The predicted octanol–water partition coefficient (Wildman–Crippen LogP) is 2.71. The summed E-state index contributed by atoms with van der Waals surface area (Å²) in [6.07, 6.45) is 2.72. The maximum Gasteiger partial charge on any atom is 0.123 e. The zero-order valence-corrected chi connectivity index (χ0v) is 8.46. The fourth-order valence-electron chi connectivity index (χ4n) is 1.64. The zero-order valence-electron chi connectivity index (χ0n) is 8.46. The van der Waals surface area contributed by atoms with Gasteiger partial charge in [0.2, 0.25) is 0 Å². The maximum absolute atomic E-state index is 12.6. The molecule has 1 fully saturated rings. The Balaban J connectivity index is 1.82. The molecule has 0 spiro atoms. The third kappa shape index (κ3) is 2.55. The lowest BCUT2D eigenvalue weighted by molar-refractivity contribution is 0.496. The number of hydrogen-bond donors (Lipinski definition) is 1. The van der Waals surface area contributed by atoms with Crippen LogP contribution in [0.5, 0.6) is 0 Å². The van der Waals surface area contributed by atoms with E-state index in [0.717, 1.165) is 18.0 Å². The first-order valence-electron chi connectivity index (χ1n) is 5.23. The topological polar surface area (TPSA) is 12.0 Å². The second kappa shape index (κ2) is 4.09. The Kier molecular flexibility index (Phi) is 2.82. The first kappa shape index (κ1) is 9.66. The van der Waals surface area contributed by atoms with Crippen molar-refractivity contribution in [2.75, 3.05) is 0 Å². The van der Waals surface area contributed by atoms with E-state index in [1.165, 1.54) is 25.0 Å². The molecule has 0 aromatic heterocycles. The molecule has 1 aliphatic rings. The summed E-state index contributed by atoms with van der Waals surface area (Å²) in [6.45, 7) is 3.07. The van der Waals surface area contributed by atoms with Gasteiger partial charge in [-0.3, -0.25) is 0 Å². The normalized spacial score (nSPS) is 18.1. The minimum absolute atomic E-state index is 0.163. The number of halogens is 1. The van der Waals surface area contributed by atoms with E-state index in [2.05, 4.69) is 12.2 Å². The third-order valence-electron chi connectivity index (χ3n) is 2.87. The summed E-state index contributed by atoms with van der Waals surface area (Å²) in [7, 11) is 0. The summed E-state index contributed by atoms with van der Waals surface area (Å²) in [5.74, 6) is 0.708. The molecule has 0 radical (unpaired) electrons. The first-order valence-corrected chi connectivity index (χ1v) is 5.23. The molecule has 0 unspecified atom stereocenters. The van der Waals surface area contributed by atoms with Crippen LogP contribution < -0.4 is 5.32 Å². The maximum atomic E-state index is 12.6. The van der Waals surface area contributed by atoms with E-state index in [1.807, 2.05) is 12.1 Å². The fraction of sp³-hybridized carbons (Fsp3) is 0.500. The molecule has 2 heteroatoms. The molecule has 2 rings (SSSR count). The van der Waals surface area contributed by atoms with Crippen molar-refractivity contribution in [3.63, 3.8) is 0 Å². The van der Waals surface area contributed by atoms with Crippen LogP contribution in [0, 0.1) is 11.7 Å². The Morgan fingerprint density at radius 2 is 2.00 bits per heavy atom. The summed E-state index contributed by atoms with van der Waals surface area (Å²) >= 11 is 0. The van der Waals surface area contributed by atoms with Crippen molar-refractivity contribution in [1.82, 2.24) is 5.32 Å². The lowest BCUT2D eigenvalue weighted by Crippen LogP contribution is -2.27. The minimum Gasteiger partial charge on any atom is -0.310 e. The summed E-state index contributed by atoms with van der Waals surface area (Å²) in [5, 5.41) is 3.46. The van der Waals surface area contributed by atoms with E-state index in [4.69, 9.17) is 0 Å². The van der Waals surface area contributed by atoms with Gasteiger partial charge in [0, 0.05) is 12.6 Å². The standard InChI is InChI=1S/C12H16FN/c1-9(11-4-5-11)14-8-10-2-6-12(13)7-3-10/h2-3,6-7,9,11,14H,4-5,8H2,1H3/t9-/m1/s1. The molecule has 76 valence electrons. The quantitative estimate of drug-likeness (QED) is 0.775. The number of hydrogen-bond acceptors (Lipinski definition) is 1. The van der Waals surface area contributed by atoms with Gasteiger partial charge in [0.25, 0.3) is 0 Å². The monoisotopic (exact) mass is 193 g/mol. The van der Waals surface area contributed by atoms with E-state index < -0.39 is 0 Å². The van der Waals surface area contributed by atoms with Crippen LogP contribution in [0.4, 0.5) is 4.39 Å². The highest BCUT2D eigenvalue weighted by Crippen LogP contribution is 2.32. The van der Waals surface area contributed by atoms with Gasteiger partial charge in [0.05, 0.1) is 0 Å². The molecule has 0 saturated heterocycles. The highest BCUT2D eigenvalue weighted by atomic mass is 19.1. The van der Waals surface area contributed by atoms with Crippen LogP contribution in [-0.4, -0.2) is 6.04 Å². The van der Waals surface area contributed by atoms with Crippen molar-refractivity contribution in [2.24, 2.45) is 5.92 Å². The molecule has 0 aliphatic heterocycles. The van der Waals surface area contributed by atoms with E-state index in [0.29, 0.717) is 6.04 Å². The van der Waals surface area contributed by atoms with Crippen LogP contribution in [0.2, 0.25) is 0 Å². The van der Waals surface area contributed by atoms with E-state index in [-0.39, 0.29) is 5.82 Å². The molecule has 1 atom stereocenters. The Hall–Kier alpha value is -0.890. The SMILES string of the molecule is C[C@@H](NCc1ccc(F)cc1)C1CC1. The van der Waals surface area contributed by atoms with Crippen molar-refractivity contribution in [3.8, 4) is 0 Å². The average Bonchev–Trinajstić information content (AvgIpc) is 3.00. The van der Waals surface area contributed by atoms with Crippen molar-refractivity contribution < 1.29 is 4.39 Å². The van der Waals surface area contributed by atoms with Gasteiger partial charge in [-0.25, -0.2) is 4.39 Å². The molecular formula is C12H16FN. The van der Waals surface area contributed by atoms with E-state index in [9.17, 15) is 4.39 Å². The van der Waals surface area contributed by atoms with Crippen LogP contribution in [0.1, 0.15) is 25.3 Å². The smallest absolute Gasteiger partial charge is 0.123 e. The van der Waals surface area contributed by atoms with Crippen LogP contribution in [0.3, 0.4) is 0 Å². The molecule has 1 aliphatic carbocycles. The summed E-state index contributed by atoms with van der Waals surface area (Å²) in [5.41, 5.74) is 1.15. The third-order valence-corrected chi connectivity index (χ3v) is 2.87. The number of nitrogens with one attached hydrogen (secondary N) is 1. The van der Waals surface area contributed by atoms with Crippen molar-refractivity contribution >= 4 is 0 Å². The molecule has 1 aromatic rings. The Labute approximate surface area is 84.3 Å². The highest BCUT2D eigenvalue weighted by molar-refractivity contribution is 5.15. The molecular weight excluding hydrogens is 177 g/mol. The zero-order chi connectivity index (χ0) is 9.97. The molecule has 1 aromatic carbocycles. The molecule has 1 saturated carbocycles. The Morgan fingerprint density at radius 3 is 2.57 bits per heavy atom.